The smallest absolute Gasteiger partial charge is 0.230 e. The van der Waals surface area contributed by atoms with E-state index in [1.54, 1.807) is 23.7 Å². The number of ether oxygens (including phenoxy) is 1. The molecule has 1 amide bonds. The van der Waals surface area contributed by atoms with Gasteiger partial charge in [-0.25, -0.2) is 4.98 Å². The van der Waals surface area contributed by atoms with Crippen LogP contribution in [0.3, 0.4) is 0 Å². The van der Waals surface area contributed by atoms with Gasteiger partial charge in [-0.15, -0.1) is 11.3 Å². The standard InChI is InChI=1S/C14H16N2O3S/c1-10-15-12(9-20-10)13-8-18-6-4-16(13)14(17)7-11-3-2-5-19-11/h2-3,5,9,13H,4,6-8H2,1H3. The summed E-state index contributed by atoms with van der Waals surface area (Å²) in [5.74, 6) is 0.744. The molecule has 0 aromatic carbocycles. The topological polar surface area (TPSA) is 55.6 Å². The molecule has 3 rings (SSSR count). The molecule has 0 bridgehead atoms. The van der Waals surface area contributed by atoms with Crippen LogP contribution in [-0.2, 0) is 16.0 Å². The first-order valence-corrected chi connectivity index (χ1v) is 7.43. The highest BCUT2D eigenvalue weighted by atomic mass is 32.1. The van der Waals surface area contributed by atoms with Gasteiger partial charge in [-0.2, -0.15) is 0 Å². The number of rotatable bonds is 3. The molecule has 1 unspecified atom stereocenters. The Bertz CT molecular complexity index is 579. The number of thiazole rings is 1. The van der Waals surface area contributed by atoms with Crippen molar-refractivity contribution in [3.8, 4) is 0 Å². The van der Waals surface area contributed by atoms with Gasteiger partial charge in [0.05, 0.1) is 42.6 Å². The van der Waals surface area contributed by atoms with E-state index in [1.807, 2.05) is 23.3 Å². The molecule has 106 valence electrons. The van der Waals surface area contributed by atoms with Crippen LogP contribution in [0.5, 0.6) is 0 Å². The van der Waals surface area contributed by atoms with Crippen LogP contribution in [0, 0.1) is 6.92 Å². The first-order valence-electron chi connectivity index (χ1n) is 6.55. The van der Waals surface area contributed by atoms with Crippen LogP contribution in [0.15, 0.2) is 28.2 Å². The van der Waals surface area contributed by atoms with Gasteiger partial charge in [-0.05, 0) is 19.1 Å². The lowest BCUT2D eigenvalue weighted by atomic mass is 10.1. The van der Waals surface area contributed by atoms with Gasteiger partial charge in [0, 0.05) is 11.9 Å². The third-order valence-corrected chi connectivity index (χ3v) is 4.12. The van der Waals surface area contributed by atoms with Gasteiger partial charge in [0.25, 0.3) is 0 Å². The fourth-order valence-electron chi connectivity index (χ4n) is 2.34. The summed E-state index contributed by atoms with van der Waals surface area (Å²) in [5, 5.41) is 3.01. The van der Waals surface area contributed by atoms with Crippen molar-refractivity contribution >= 4 is 17.2 Å². The molecule has 6 heteroatoms. The summed E-state index contributed by atoms with van der Waals surface area (Å²) >= 11 is 1.59. The highest BCUT2D eigenvalue weighted by Gasteiger charge is 2.30. The van der Waals surface area contributed by atoms with E-state index in [-0.39, 0.29) is 18.4 Å². The summed E-state index contributed by atoms with van der Waals surface area (Å²) in [5.41, 5.74) is 0.917. The van der Waals surface area contributed by atoms with E-state index >= 15 is 0 Å². The Morgan fingerprint density at radius 3 is 3.20 bits per heavy atom. The molecule has 5 nitrogen and oxygen atoms in total. The van der Waals surface area contributed by atoms with E-state index in [4.69, 9.17) is 9.15 Å². The van der Waals surface area contributed by atoms with Gasteiger partial charge in [0.2, 0.25) is 5.91 Å². The fourth-order valence-corrected chi connectivity index (χ4v) is 3.00. The zero-order chi connectivity index (χ0) is 13.9. The number of hydrogen-bond acceptors (Lipinski definition) is 5. The average molecular weight is 292 g/mol. The number of aromatic nitrogens is 1. The summed E-state index contributed by atoms with van der Waals surface area (Å²) < 4.78 is 10.8. The quantitative estimate of drug-likeness (QED) is 0.870. The molecule has 1 atom stereocenters. The van der Waals surface area contributed by atoms with Crippen molar-refractivity contribution in [1.29, 1.82) is 0 Å². The van der Waals surface area contributed by atoms with Crippen molar-refractivity contribution in [2.45, 2.75) is 19.4 Å². The average Bonchev–Trinajstić information content (AvgIpc) is 3.10. The second-order valence-corrected chi connectivity index (χ2v) is 5.79. The van der Waals surface area contributed by atoms with Crippen LogP contribution >= 0.6 is 11.3 Å². The number of carbonyl (C=O) groups excluding carboxylic acids is 1. The van der Waals surface area contributed by atoms with Crippen molar-refractivity contribution in [2.75, 3.05) is 19.8 Å². The van der Waals surface area contributed by atoms with E-state index in [9.17, 15) is 4.79 Å². The van der Waals surface area contributed by atoms with Crippen LogP contribution in [0.1, 0.15) is 22.5 Å². The summed E-state index contributed by atoms with van der Waals surface area (Å²) in [4.78, 5) is 18.8. The maximum absolute atomic E-state index is 12.4. The maximum Gasteiger partial charge on any atom is 0.230 e. The second-order valence-electron chi connectivity index (χ2n) is 4.73. The molecule has 2 aromatic rings. The van der Waals surface area contributed by atoms with Crippen molar-refractivity contribution in [3.63, 3.8) is 0 Å². The van der Waals surface area contributed by atoms with Crippen molar-refractivity contribution in [3.05, 3.63) is 40.2 Å². The van der Waals surface area contributed by atoms with Gasteiger partial charge >= 0.3 is 0 Å². The first-order chi connectivity index (χ1) is 9.74. The summed E-state index contributed by atoms with van der Waals surface area (Å²) in [7, 11) is 0. The van der Waals surface area contributed by atoms with Crippen molar-refractivity contribution in [1.82, 2.24) is 9.88 Å². The van der Waals surface area contributed by atoms with E-state index in [0.29, 0.717) is 25.5 Å². The fraction of sp³-hybridized carbons (Fsp3) is 0.429. The van der Waals surface area contributed by atoms with Crippen molar-refractivity contribution < 1.29 is 13.9 Å². The molecule has 0 radical (unpaired) electrons. The number of nitrogens with zero attached hydrogens (tertiary/aromatic N) is 2. The Balaban J connectivity index is 1.76. The minimum absolute atomic E-state index is 0.0545. The van der Waals surface area contributed by atoms with Crippen LogP contribution in [0.2, 0.25) is 0 Å². The second kappa shape index (κ2) is 5.76. The molecule has 20 heavy (non-hydrogen) atoms. The maximum atomic E-state index is 12.4. The monoisotopic (exact) mass is 292 g/mol. The molecule has 0 saturated carbocycles. The van der Waals surface area contributed by atoms with Gasteiger partial charge in [0.1, 0.15) is 5.76 Å². The van der Waals surface area contributed by atoms with Crippen LogP contribution < -0.4 is 0 Å². The SMILES string of the molecule is Cc1nc(C2COCCN2C(=O)Cc2ccco2)cs1. The van der Waals surface area contributed by atoms with Gasteiger partial charge in [-0.1, -0.05) is 0 Å². The Morgan fingerprint density at radius 2 is 2.50 bits per heavy atom. The number of amides is 1. The van der Waals surface area contributed by atoms with Gasteiger partial charge < -0.3 is 14.1 Å². The van der Waals surface area contributed by atoms with E-state index in [1.165, 1.54) is 0 Å². The van der Waals surface area contributed by atoms with Crippen LogP contribution in [0.4, 0.5) is 0 Å². The minimum atomic E-state index is -0.0869. The molecule has 1 aliphatic rings. The van der Waals surface area contributed by atoms with Crippen LogP contribution in [0.25, 0.3) is 0 Å². The summed E-state index contributed by atoms with van der Waals surface area (Å²) in [6.07, 6.45) is 1.87. The minimum Gasteiger partial charge on any atom is -0.469 e. The third kappa shape index (κ3) is 2.76. The molecule has 0 spiro atoms. The van der Waals surface area contributed by atoms with Crippen molar-refractivity contribution in [2.24, 2.45) is 0 Å². The van der Waals surface area contributed by atoms with E-state index in [2.05, 4.69) is 4.98 Å². The van der Waals surface area contributed by atoms with Gasteiger partial charge in [-0.3, -0.25) is 4.79 Å². The number of hydrogen-bond donors (Lipinski definition) is 0. The molecule has 0 N–H and O–H groups in total. The number of furan rings is 1. The Labute approximate surface area is 121 Å². The summed E-state index contributed by atoms with van der Waals surface area (Å²) in [6.45, 7) is 3.64. The third-order valence-electron chi connectivity index (χ3n) is 3.33. The highest BCUT2D eigenvalue weighted by molar-refractivity contribution is 7.09. The predicted molar refractivity (Wildman–Crippen MR) is 74.5 cm³/mol. The normalized spacial score (nSPS) is 19.2. The molecule has 1 fully saturated rings. The molecule has 1 saturated heterocycles. The Kier molecular flexibility index (Phi) is 3.84. The number of aryl methyl sites for hydroxylation is 1. The predicted octanol–water partition coefficient (Wildman–Crippen LogP) is 2.19. The lowest BCUT2D eigenvalue weighted by molar-refractivity contribution is -0.139. The van der Waals surface area contributed by atoms with E-state index in [0.717, 1.165) is 10.7 Å². The van der Waals surface area contributed by atoms with E-state index < -0.39 is 0 Å². The summed E-state index contributed by atoms with van der Waals surface area (Å²) in [6, 6.07) is 3.53. The molecular weight excluding hydrogens is 276 g/mol. The first kappa shape index (κ1) is 13.3. The molecular formula is C14H16N2O3S. The molecule has 3 heterocycles. The zero-order valence-corrected chi connectivity index (χ0v) is 12.1. The Hall–Kier alpha value is -1.66. The van der Waals surface area contributed by atoms with Crippen LogP contribution in [-0.4, -0.2) is 35.5 Å². The lowest BCUT2D eigenvalue weighted by Crippen LogP contribution is -2.44. The van der Waals surface area contributed by atoms with Gasteiger partial charge in [0.15, 0.2) is 0 Å². The number of carbonyl (C=O) groups is 1. The Morgan fingerprint density at radius 1 is 1.60 bits per heavy atom. The zero-order valence-electron chi connectivity index (χ0n) is 11.2. The lowest BCUT2D eigenvalue weighted by Gasteiger charge is -2.34. The number of morpholine rings is 1. The molecule has 2 aromatic heterocycles. The molecule has 1 aliphatic heterocycles. The largest absolute Gasteiger partial charge is 0.469 e. The highest BCUT2D eigenvalue weighted by Crippen LogP contribution is 2.26. The molecule has 0 aliphatic carbocycles.